The summed E-state index contributed by atoms with van der Waals surface area (Å²) >= 11 is 8.73. The number of nitrogens with zero attached hydrogens (tertiary/aromatic N) is 4. The summed E-state index contributed by atoms with van der Waals surface area (Å²) in [5.74, 6) is -1.31. The Morgan fingerprint density at radius 1 is 1.02 bits per heavy atom. The molecule has 236 valence electrons. The fraction of sp³-hybridized carbons (Fsp3) is 0.118. The summed E-state index contributed by atoms with van der Waals surface area (Å²) in [6, 6.07) is 26.1. The first-order chi connectivity index (χ1) is 22.7. The third-order valence-electron chi connectivity index (χ3n) is 7.37. The summed E-state index contributed by atoms with van der Waals surface area (Å²) in [4.78, 5) is 39.4. The zero-order chi connectivity index (χ0) is 33.1. The van der Waals surface area contributed by atoms with Gasteiger partial charge in [-0.25, -0.2) is 0 Å². The Kier molecular flexibility index (Phi) is 9.34. The van der Waals surface area contributed by atoms with E-state index < -0.39 is 28.4 Å². The molecule has 10 nitrogen and oxygen atoms in total. The molecule has 13 heteroatoms. The van der Waals surface area contributed by atoms with E-state index in [4.69, 9.17) is 16.3 Å². The average molecular weight is 685 g/mol. The molecular weight excluding hydrogens is 660 g/mol. The molecule has 0 spiro atoms. The second-order valence-electron chi connectivity index (χ2n) is 10.6. The molecule has 6 rings (SSSR count). The minimum Gasteiger partial charge on any atom is -0.507 e. The van der Waals surface area contributed by atoms with E-state index >= 15 is 0 Å². The van der Waals surface area contributed by atoms with Crippen LogP contribution in [0.1, 0.15) is 33.9 Å². The number of aliphatic hydroxyl groups excluding tert-OH is 1. The average Bonchev–Trinajstić information content (AvgIpc) is 3.65. The van der Waals surface area contributed by atoms with E-state index in [1.807, 2.05) is 49.4 Å². The quantitative estimate of drug-likeness (QED) is 0.0296. The lowest BCUT2D eigenvalue weighted by atomic mass is 9.95. The van der Waals surface area contributed by atoms with Crippen LogP contribution in [0, 0.1) is 17.0 Å². The molecule has 1 atom stereocenters. The van der Waals surface area contributed by atoms with Gasteiger partial charge in [0.05, 0.1) is 16.5 Å². The van der Waals surface area contributed by atoms with Crippen molar-refractivity contribution in [1.29, 1.82) is 0 Å². The van der Waals surface area contributed by atoms with Crippen molar-refractivity contribution in [3.63, 3.8) is 0 Å². The molecule has 1 saturated heterocycles. The maximum atomic E-state index is 13.6. The van der Waals surface area contributed by atoms with Crippen molar-refractivity contribution >= 4 is 63.0 Å². The molecule has 1 N–H and O–H groups in total. The number of amides is 1. The van der Waals surface area contributed by atoms with Crippen LogP contribution in [0.25, 0.3) is 5.76 Å². The monoisotopic (exact) mass is 684 g/mol. The number of nitro groups is 1. The first kappa shape index (κ1) is 31.9. The maximum absolute atomic E-state index is 13.6. The first-order valence-electron chi connectivity index (χ1n) is 14.2. The number of hydrogen-bond acceptors (Lipinski definition) is 10. The van der Waals surface area contributed by atoms with Gasteiger partial charge >= 0.3 is 5.91 Å². The van der Waals surface area contributed by atoms with Gasteiger partial charge in [-0.15, -0.1) is 10.2 Å². The van der Waals surface area contributed by atoms with E-state index in [1.54, 1.807) is 36.4 Å². The summed E-state index contributed by atoms with van der Waals surface area (Å²) in [5, 5.41) is 32.3. The Hall–Kier alpha value is -5.04. The number of halogens is 1. The number of carbonyl (C=O) groups excluding carboxylic acids is 2. The number of aryl methyl sites for hydroxylation is 1. The van der Waals surface area contributed by atoms with Crippen molar-refractivity contribution < 1.29 is 24.4 Å². The topological polar surface area (TPSA) is 136 Å². The molecule has 4 aromatic carbocycles. The fourth-order valence-electron chi connectivity index (χ4n) is 5.10. The summed E-state index contributed by atoms with van der Waals surface area (Å²) < 4.78 is 6.40. The first-order valence-corrected chi connectivity index (χ1v) is 16.4. The molecule has 0 bridgehead atoms. The van der Waals surface area contributed by atoms with E-state index in [2.05, 4.69) is 10.2 Å². The van der Waals surface area contributed by atoms with Crippen molar-refractivity contribution in [3.8, 4) is 5.75 Å². The Balaban J connectivity index is 1.33. The van der Waals surface area contributed by atoms with Crippen LogP contribution in [0.3, 0.4) is 0 Å². The smallest absolute Gasteiger partial charge is 0.301 e. The van der Waals surface area contributed by atoms with Gasteiger partial charge < -0.3 is 9.84 Å². The molecule has 1 unspecified atom stereocenters. The van der Waals surface area contributed by atoms with Crippen molar-refractivity contribution in [2.75, 3.05) is 4.90 Å². The van der Waals surface area contributed by atoms with Crippen LogP contribution in [-0.4, -0.2) is 31.9 Å². The highest BCUT2D eigenvalue weighted by molar-refractivity contribution is 8.00. The number of rotatable bonds is 10. The van der Waals surface area contributed by atoms with E-state index in [1.165, 1.54) is 30.0 Å². The largest absolute Gasteiger partial charge is 0.507 e. The van der Waals surface area contributed by atoms with Crippen molar-refractivity contribution in [2.24, 2.45) is 0 Å². The highest BCUT2D eigenvalue weighted by atomic mass is 35.5. The van der Waals surface area contributed by atoms with Gasteiger partial charge in [0.25, 0.3) is 11.5 Å². The van der Waals surface area contributed by atoms with E-state index in [0.717, 1.165) is 32.9 Å². The number of aliphatic hydroxyl groups is 1. The zero-order valence-electron chi connectivity index (χ0n) is 24.7. The summed E-state index contributed by atoms with van der Waals surface area (Å²) in [6.07, 6.45) is 0. The summed E-state index contributed by atoms with van der Waals surface area (Å²) in [7, 11) is 0. The number of Topliss-reactive ketones (excluding diaryl/α,β-unsaturated/α-hetero) is 1. The predicted octanol–water partition coefficient (Wildman–Crippen LogP) is 7.91. The molecule has 0 saturated carbocycles. The molecule has 0 aliphatic carbocycles. The Bertz CT molecular complexity index is 2030. The molecule has 1 aliphatic rings. The zero-order valence-corrected chi connectivity index (χ0v) is 27.1. The third kappa shape index (κ3) is 6.89. The summed E-state index contributed by atoms with van der Waals surface area (Å²) in [5.41, 5.74) is 3.03. The molecule has 5 aromatic rings. The highest BCUT2D eigenvalue weighted by Crippen LogP contribution is 2.44. The second-order valence-corrected chi connectivity index (χ2v) is 13.1. The molecule has 1 fully saturated rings. The van der Waals surface area contributed by atoms with Gasteiger partial charge in [0.15, 0.2) is 4.34 Å². The molecule has 1 aliphatic heterocycles. The summed E-state index contributed by atoms with van der Waals surface area (Å²) in [6.45, 7) is 2.34. The number of thioether (sulfide) groups is 1. The van der Waals surface area contributed by atoms with E-state index in [9.17, 15) is 24.8 Å². The van der Waals surface area contributed by atoms with E-state index in [-0.39, 0.29) is 27.5 Å². The molecule has 2 heterocycles. The van der Waals surface area contributed by atoms with E-state index in [0.29, 0.717) is 27.5 Å². The minimum atomic E-state index is -1.21. The lowest BCUT2D eigenvalue weighted by Gasteiger charge is -2.22. The van der Waals surface area contributed by atoms with Crippen LogP contribution in [0.5, 0.6) is 5.75 Å². The standard InChI is InChI=1S/C34H25ClN4O6S2/c1-20-6-4-7-21(16-20)18-45-26-14-12-22(13-15-26)30(40)28-29(23-9-5-10-25(17-23)39(43)44)38(32(42)31(28)41)33-36-37-34(47-33)46-19-24-8-2-3-11-27(24)35/h2-17,29,40H,18-19H2,1H3/b30-28+. The Morgan fingerprint density at radius 3 is 2.53 bits per heavy atom. The van der Waals surface area contributed by atoms with Gasteiger partial charge in [0.1, 0.15) is 18.1 Å². The van der Waals surface area contributed by atoms with Gasteiger partial charge in [-0.05, 0) is 53.9 Å². The molecular formula is C34H25ClN4O6S2. The second kappa shape index (κ2) is 13.8. The SMILES string of the molecule is Cc1cccc(COc2ccc(/C(O)=C3\C(=O)C(=O)N(c4nnc(SCc5ccccc5Cl)s4)C3c3cccc([N+](=O)[O-])c3)cc2)c1. The third-order valence-corrected chi connectivity index (χ3v) is 9.84. The van der Waals surface area contributed by atoms with Crippen LogP contribution in [0.2, 0.25) is 5.02 Å². The lowest BCUT2D eigenvalue weighted by Crippen LogP contribution is -2.29. The Morgan fingerprint density at radius 2 is 1.79 bits per heavy atom. The van der Waals surface area contributed by atoms with Gasteiger partial charge in [-0.2, -0.15) is 0 Å². The van der Waals surface area contributed by atoms with Crippen LogP contribution in [0.4, 0.5) is 10.8 Å². The molecule has 1 aromatic heterocycles. The van der Waals surface area contributed by atoms with Crippen molar-refractivity contribution in [3.05, 3.63) is 146 Å². The van der Waals surface area contributed by atoms with Gasteiger partial charge in [-0.1, -0.05) is 94.9 Å². The van der Waals surface area contributed by atoms with Crippen LogP contribution in [0.15, 0.2) is 107 Å². The number of non-ortho nitro benzene ring substituents is 1. The predicted molar refractivity (Wildman–Crippen MR) is 181 cm³/mol. The number of carbonyl (C=O) groups is 2. The number of ether oxygens (including phenoxy) is 1. The number of nitro benzene ring substituents is 1. The molecule has 1 amide bonds. The number of ketones is 1. The Labute approximate surface area is 282 Å². The van der Waals surface area contributed by atoms with Crippen LogP contribution in [-0.2, 0) is 21.9 Å². The molecule has 47 heavy (non-hydrogen) atoms. The number of aromatic nitrogens is 2. The normalized spacial score (nSPS) is 15.6. The van der Waals surface area contributed by atoms with Gasteiger partial charge in [0, 0.05) is 28.5 Å². The van der Waals surface area contributed by atoms with Crippen molar-refractivity contribution in [2.45, 2.75) is 29.7 Å². The number of benzene rings is 4. The van der Waals surface area contributed by atoms with Crippen LogP contribution >= 0.6 is 34.7 Å². The van der Waals surface area contributed by atoms with Gasteiger partial charge in [0.2, 0.25) is 5.13 Å². The van der Waals surface area contributed by atoms with Crippen molar-refractivity contribution in [1.82, 2.24) is 10.2 Å². The molecule has 0 radical (unpaired) electrons. The number of hydrogen-bond donors (Lipinski definition) is 1. The minimum absolute atomic E-state index is 0.101. The highest BCUT2D eigenvalue weighted by Gasteiger charge is 2.48. The lowest BCUT2D eigenvalue weighted by molar-refractivity contribution is -0.384. The van der Waals surface area contributed by atoms with Crippen LogP contribution < -0.4 is 9.64 Å². The fourth-order valence-corrected chi connectivity index (χ4v) is 7.25. The maximum Gasteiger partial charge on any atom is 0.301 e. The number of anilines is 1. The van der Waals surface area contributed by atoms with Gasteiger partial charge in [-0.3, -0.25) is 24.6 Å².